The normalized spacial score (nSPS) is 12.0. The SMILES string of the molecule is NC(=O)c1ccc(NC(=O)COC(=O)/C=C/c2ccc3c(c2)OCO3)cc1. The van der Waals surface area contributed by atoms with E-state index in [0.29, 0.717) is 22.7 Å². The van der Waals surface area contributed by atoms with Gasteiger partial charge in [-0.1, -0.05) is 6.07 Å². The Morgan fingerprint density at radius 2 is 1.81 bits per heavy atom. The maximum absolute atomic E-state index is 11.8. The molecule has 0 aromatic heterocycles. The third-order valence-electron chi connectivity index (χ3n) is 3.61. The summed E-state index contributed by atoms with van der Waals surface area (Å²) in [6.45, 7) is -0.271. The fraction of sp³-hybridized carbons (Fsp3) is 0.105. The summed E-state index contributed by atoms with van der Waals surface area (Å²) >= 11 is 0. The van der Waals surface area contributed by atoms with Crippen LogP contribution in [0.15, 0.2) is 48.5 Å². The Kier molecular flexibility index (Phi) is 5.36. The van der Waals surface area contributed by atoms with Gasteiger partial charge in [0, 0.05) is 17.3 Å². The molecule has 0 aliphatic carbocycles. The minimum Gasteiger partial charge on any atom is -0.454 e. The van der Waals surface area contributed by atoms with Gasteiger partial charge in [-0.3, -0.25) is 9.59 Å². The van der Waals surface area contributed by atoms with Gasteiger partial charge in [-0.05, 0) is 48.0 Å². The third-order valence-corrected chi connectivity index (χ3v) is 3.61. The highest BCUT2D eigenvalue weighted by Gasteiger charge is 2.12. The first-order valence-corrected chi connectivity index (χ1v) is 7.95. The van der Waals surface area contributed by atoms with E-state index >= 15 is 0 Å². The van der Waals surface area contributed by atoms with Gasteiger partial charge in [0.1, 0.15) is 0 Å². The van der Waals surface area contributed by atoms with Crippen LogP contribution < -0.4 is 20.5 Å². The molecule has 0 bridgehead atoms. The van der Waals surface area contributed by atoms with Crippen LogP contribution in [0.5, 0.6) is 11.5 Å². The van der Waals surface area contributed by atoms with Crippen LogP contribution in [0.3, 0.4) is 0 Å². The predicted octanol–water partition coefficient (Wildman–Crippen LogP) is 1.71. The van der Waals surface area contributed by atoms with E-state index in [1.165, 1.54) is 30.3 Å². The number of carbonyl (C=O) groups excluding carboxylic acids is 3. The van der Waals surface area contributed by atoms with Crippen molar-refractivity contribution in [1.82, 2.24) is 0 Å². The molecule has 138 valence electrons. The fourth-order valence-corrected chi connectivity index (χ4v) is 2.28. The van der Waals surface area contributed by atoms with Gasteiger partial charge in [-0.25, -0.2) is 4.79 Å². The van der Waals surface area contributed by atoms with Crippen molar-refractivity contribution in [2.75, 3.05) is 18.7 Å². The molecule has 8 heteroatoms. The van der Waals surface area contributed by atoms with E-state index < -0.39 is 24.4 Å². The molecule has 8 nitrogen and oxygen atoms in total. The first-order valence-electron chi connectivity index (χ1n) is 7.95. The van der Waals surface area contributed by atoms with Crippen LogP contribution in [0.2, 0.25) is 0 Å². The smallest absolute Gasteiger partial charge is 0.331 e. The van der Waals surface area contributed by atoms with E-state index in [1.54, 1.807) is 24.3 Å². The standard InChI is InChI=1S/C19H16N2O6/c20-19(24)13-3-5-14(6-4-13)21-17(22)10-25-18(23)8-2-12-1-7-15-16(9-12)27-11-26-15/h1-9H,10-11H2,(H2,20,24)(H,21,22)/b8-2+. The molecule has 0 saturated heterocycles. The predicted molar refractivity (Wildman–Crippen MR) is 96.1 cm³/mol. The van der Waals surface area contributed by atoms with Crippen LogP contribution in [0, 0.1) is 0 Å². The molecular formula is C19H16N2O6. The second-order valence-electron chi connectivity index (χ2n) is 5.54. The molecule has 27 heavy (non-hydrogen) atoms. The second kappa shape index (κ2) is 8.05. The molecular weight excluding hydrogens is 352 g/mol. The minimum atomic E-state index is -0.660. The molecule has 3 N–H and O–H groups in total. The van der Waals surface area contributed by atoms with Crippen LogP contribution in [0.1, 0.15) is 15.9 Å². The summed E-state index contributed by atoms with van der Waals surface area (Å²) in [5.41, 5.74) is 6.65. The zero-order valence-corrected chi connectivity index (χ0v) is 14.1. The van der Waals surface area contributed by atoms with Crippen molar-refractivity contribution in [2.45, 2.75) is 0 Å². The topological polar surface area (TPSA) is 117 Å². The molecule has 2 amide bonds. The summed E-state index contributed by atoms with van der Waals surface area (Å²) in [5.74, 6) is -0.475. The van der Waals surface area contributed by atoms with E-state index in [2.05, 4.69) is 5.32 Å². The van der Waals surface area contributed by atoms with Crippen molar-refractivity contribution in [3.05, 3.63) is 59.7 Å². The minimum absolute atomic E-state index is 0.172. The number of primary amides is 1. The Hall–Kier alpha value is -3.81. The molecule has 1 aliphatic rings. The molecule has 1 heterocycles. The number of nitrogens with one attached hydrogen (secondary N) is 1. The number of carbonyl (C=O) groups is 3. The lowest BCUT2D eigenvalue weighted by atomic mass is 10.2. The highest BCUT2D eigenvalue weighted by molar-refractivity contribution is 5.96. The molecule has 1 aliphatic heterocycles. The number of anilines is 1. The van der Waals surface area contributed by atoms with Crippen molar-refractivity contribution in [3.63, 3.8) is 0 Å². The summed E-state index contributed by atoms with van der Waals surface area (Å²) < 4.78 is 15.3. The highest BCUT2D eigenvalue weighted by Crippen LogP contribution is 2.32. The average molecular weight is 368 g/mol. The maximum Gasteiger partial charge on any atom is 0.331 e. The van der Waals surface area contributed by atoms with Crippen LogP contribution >= 0.6 is 0 Å². The summed E-state index contributed by atoms with van der Waals surface area (Å²) in [5, 5.41) is 2.54. The molecule has 0 spiro atoms. The van der Waals surface area contributed by atoms with Gasteiger partial charge in [-0.15, -0.1) is 0 Å². The molecule has 2 aromatic rings. The molecule has 2 aromatic carbocycles. The Morgan fingerprint density at radius 3 is 2.56 bits per heavy atom. The van der Waals surface area contributed by atoms with Crippen molar-refractivity contribution in [2.24, 2.45) is 5.73 Å². The number of fused-ring (bicyclic) bond motifs is 1. The molecule has 0 radical (unpaired) electrons. The number of hydrogen-bond donors (Lipinski definition) is 2. The Morgan fingerprint density at radius 1 is 1.07 bits per heavy atom. The highest BCUT2D eigenvalue weighted by atomic mass is 16.7. The fourth-order valence-electron chi connectivity index (χ4n) is 2.28. The van der Waals surface area contributed by atoms with Crippen molar-refractivity contribution < 1.29 is 28.6 Å². The van der Waals surface area contributed by atoms with E-state index in [9.17, 15) is 14.4 Å². The van der Waals surface area contributed by atoms with Gasteiger partial charge in [-0.2, -0.15) is 0 Å². The van der Waals surface area contributed by atoms with Gasteiger partial charge in [0.15, 0.2) is 18.1 Å². The van der Waals surface area contributed by atoms with Gasteiger partial charge in [0.05, 0.1) is 0 Å². The van der Waals surface area contributed by atoms with Crippen LogP contribution in [-0.4, -0.2) is 31.2 Å². The van der Waals surface area contributed by atoms with Crippen LogP contribution in [0.4, 0.5) is 5.69 Å². The number of benzene rings is 2. The lowest BCUT2D eigenvalue weighted by Gasteiger charge is -2.06. The monoisotopic (exact) mass is 368 g/mol. The van der Waals surface area contributed by atoms with Crippen molar-refractivity contribution in [3.8, 4) is 11.5 Å². The number of nitrogens with two attached hydrogens (primary N) is 1. The average Bonchev–Trinajstić information content (AvgIpc) is 3.13. The first-order chi connectivity index (χ1) is 13.0. The Bertz CT molecular complexity index is 905. The van der Waals surface area contributed by atoms with Crippen LogP contribution in [-0.2, 0) is 14.3 Å². The van der Waals surface area contributed by atoms with Gasteiger partial charge in [0.2, 0.25) is 12.7 Å². The van der Waals surface area contributed by atoms with E-state index in [-0.39, 0.29) is 6.79 Å². The molecule has 0 fully saturated rings. The Balaban J connectivity index is 1.47. The summed E-state index contributed by atoms with van der Waals surface area (Å²) in [6.07, 6.45) is 2.76. The van der Waals surface area contributed by atoms with Gasteiger partial charge >= 0.3 is 5.97 Å². The zero-order valence-electron chi connectivity index (χ0n) is 14.1. The molecule has 0 atom stereocenters. The lowest BCUT2D eigenvalue weighted by molar-refractivity contribution is -0.142. The number of esters is 1. The summed E-state index contributed by atoms with van der Waals surface area (Å²) in [4.78, 5) is 34.5. The number of ether oxygens (including phenoxy) is 3. The first kappa shape index (κ1) is 18.0. The summed E-state index contributed by atoms with van der Waals surface area (Å²) in [6, 6.07) is 11.3. The maximum atomic E-state index is 11.8. The molecule has 0 unspecified atom stereocenters. The zero-order chi connectivity index (χ0) is 19.2. The quantitative estimate of drug-likeness (QED) is 0.592. The van der Waals surface area contributed by atoms with E-state index in [0.717, 1.165) is 5.56 Å². The molecule has 0 saturated carbocycles. The lowest BCUT2D eigenvalue weighted by Crippen LogP contribution is -2.20. The van der Waals surface area contributed by atoms with Crippen molar-refractivity contribution in [1.29, 1.82) is 0 Å². The summed E-state index contributed by atoms with van der Waals surface area (Å²) in [7, 11) is 0. The molecule has 3 rings (SSSR count). The number of amides is 2. The van der Waals surface area contributed by atoms with E-state index in [1.807, 2.05) is 0 Å². The van der Waals surface area contributed by atoms with Gasteiger partial charge < -0.3 is 25.3 Å². The van der Waals surface area contributed by atoms with Gasteiger partial charge in [0.25, 0.3) is 5.91 Å². The van der Waals surface area contributed by atoms with E-state index in [4.69, 9.17) is 19.9 Å². The van der Waals surface area contributed by atoms with Crippen molar-refractivity contribution >= 4 is 29.5 Å². The van der Waals surface area contributed by atoms with Crippen LogP contribution in [0.25, 0.3) is 6.08 Å². The largest absolute Gasteiger partial charge is 0.454 e. The third kappa shape index (κ3) is 4.85. The second-order valence-corrected chi connectivity index (χ2v) is 5.54. The number of rotatable bonds is 6. The number of hydrogen-bond acceptors (Lipinski definition) is 6. The Labute approximate surface area is 154 Å².